The molecular weight excluding hydrogens is 809 g/mol. The van der Waals surface area contributed by atoms with Crippen LogP contribution in [-0.4, -0.2) is 39.9 Å². The number of aromatic amines is 4. The van der Waals surface area contributed by atoms with Crippen molar-refractivity contribution in [3.05, 3.63) is 201 Å². The highest BCUT2D eigenvalue weighted by molar-refractivity contribution is 6.10. The zero-order valence-corrected chi connectivity index (χ0v) is 35.1. The van der Waals surface area contributed by atoms with Gasteiger partial charge in [0.1, 0.15) is 0 Å². The number of H-pyrrole nitrogens is 4. The van der Waals surface area contributed by atoms with E-state index >= 15 is 0 Å². The third-order valence-electron chi connectivity index (χ3n) is 12.0. The SMILES string of the molecule is C(#Cc1c2ccccc2c(C#Cc2c3nc(cc4ccc(cc5ccc(cc6nc2C=C6)[nH]5)[nH]4)C=C3)c2ccccc12)c1c2nc(cc3ccc(cc4ccc(cc5nc1C=C5)[nH]4)[nH]3)C=C2. The van der Waals surface area contributed by atoms with Gasteiger partial charge in [0.15, 0.2) is 0 Å². The quantitative estimate of drug-likeness (QED) is 0.0899. The summed E-state index contributed by atoms with van der Waals surface area (Å²) in [5.74, 6) is 14.5. The van der Waals surface area contributed by atoms with Crippen LogP contribution in [0.4, 0.5) is 0 Å². The number of hydrogen-bond acceptors (Lipinski definition) is 4. The molecule has 0 saturated heterocycles. The first kappa shape index (κ1) is 37.1. The van der Waals surface area contributed by atoms with Crippen molar-refractivity contribution >= 4 is 114 Å². The fraction of sp³-hybridized carbons (Fsp3) is 0. The van der Waals surface area contributed by atoms with Gasteiger partial charge in [0, 0.05) is 55.3 Å². The maximum Gasteiger partial charge on any atom is 0.0816 e. The minimum absolute atomic E-state index is 0.742. The van der Waals surface area contributed by atoms with E-state index in [-0.39, 0.29) is 0 Å². The Morgan fingerprint density at radius 3 is 0.773 bits per heavy atom. The Bertz CT molecular complexity index is 3680. The first-order valence-electron chi connectivity index (χ1n) is 21.7. The molecule has 0 fully saturated rings. The molecule has 0 unspecified atom stereocenters. The Balaban J connectivity index is 1.01. The summed E-state index contributed by atoms with van der Waals surface area (Å²) in [6.45, 7) is 0. The predicted molar refractivity (Wildman–Crippen MR) is 271 cm³/mol. The van der Waals surface area contributed by atoms with E-state index in [0.29, 0.717) is 0 Å². The molecule has 0 radical (unpaired) electrons. The molecule has 4 aliphatic heterocycles. The minimum atomic E-state index is 0.742. The maximum atomic E-state index is 5.07. The topological polar surface area (TPSA) is 115 Å². The molecular formula is C58H34N8. The molecule has 4 aliphatic rings. The van der Waals surface area contributed by atoms with Crippen molar-refractivity contribution in [1.29, 1.82) is 0 Å². The average molecular weight is 843 g/mol. The van der Waals surface area contributed by atoms with Crippen molar-refractivity contribution < 1.29 is 0 Å². The molecule has 0 spiro atoms. The number of hydrogen-bond donors (Lipinski definition) is 4. The lowest BCUT2D eigenvalue weighted by Gasteiger charge is -2.10. The Labute approximate surface area is 377 Å². The highest BCUT2D eigenvalue weighted by Crippen LogP contribution is 2.33. The van der Waals surface area contributed by atoms with Gasteiger partial charge in [-0.05, 0) is 155 Å². The molecule has 16 bridgehead atoms. The summed E-state index contributed by atoms with van der Waals surface area (Å²) in [7, 11) is 0. The second kappa shape index (κ2) is 15.1. The molecule has 0 atom stereocenters. The molecule has 10 heterocycles. The van der Waals surface area contributed by atoms with Crippen LogP contribution in [0.3, 0.4) is 0 Å². The van der Waals surface area contributed by atoms with Gasteiger partial charge >= 0.3 is 0 Å². The van der Waals surface area contributed by atoms with Crippen LogP contribution in [0.25, 0.3) is 114 Å². The fourth-order valence-electron chi connectivity index (χ4n) is 8.92. The Morgan fingerprint density at radius 1 is 0.258 bits per heavy atom. The van der Waals surface area contributed by atoms with Crippen molar-refractivity contribution in [2.45, 2.75) is 0 Å². The summed E-state index contributed by atoms with van der Waals surface area (Å²) in [5, 5.41) is 4.00. The molecule has 0 amide bonds. The summed E-state index contributed by atoms with van der Waals surface area (Å²) in [5.41, 5.74) is 17.5. The van der Waals surface area contributed by atoms with E-state index in [1.54, 1.807) is 0 Å². The first-order chi connectivity index (χ1) is 32.6. The number of aromatic nitrogens is 8. The van der Waals surface area contributed by atoms with Gasteiger partial charge in [0.05, 0.1) is 56.7 Å². The summed E-state index contributed by atoms with van der Waals surface area (Å²) in [4.78, 5) is 34.2. The minimum Gasteiger partial charge on any atom is -0.355 e. The van der Waals surface area contributed by atoms with Crippen LogP contribution in [0.5, 0.6) is 0 Å². The van der Waals surface area contributed by atoms with Crippen LogP contribution in [0, 0.1) is 23.7 Å². The van der Waals surface area contributed by atoms with Crippen LogP contribution < -0.4 is 0 Å². The molecule has 0 saturated carbocycles. The lowest BCUT2D eigenvalue weighted by atomic mass is 9.91. The third kappa shape index (κ3) is 6.89. The van der Waals surface area contributed by atoms with E-state index < -0.39 is 0 Å². The molecule has 306 valence electrons. The van der Waals surface area contributed by atoms with Crippen molar-refractivity contribution in [2.75, 3.05) is 0 Å². The smallest absolute Gasteiger partial charge is 0.0816 e. The first-order valence-corrected chi connectivity index (χ1v) is 21.7. The van der Waals surface area contributed by atoms with E-state index in [2.05, 4.69) is 153 Å². The summed E-state index contributed by atoms with van der Waals surface area (Å²) in [6.07, 6.45) is 16.2. The van der Waals surface area contributed by atoms with E-state index in [0.717, 1.165) is 133 Å². The van der Waals surface area contributed by atoms with E-state index in [1.165, 1.54) is 0 Å². The number of fused-ring (bicyclic) bond motifs is 18. The molecule has 8 heteroatoms. The average Bonchev–Trinajstić information content (AvgIpc) is 4.17. The Hall–Kier alpha value is -9.50. The highest BCUT2D eigenvalue weighted by atomic mass is 14.8. The molecule has 3 aromatic carbocycles. The molecule has 0 aliphatic carbocycles. The van der Waals surface area contributed by atoms with Crippen molar-refractivity contribution in [1.82, 2.24) is 39.9 Å². The normalized spacial score (nSPS) is 12.4. The lowest BCUT2D eigenvalue weighted by Crippen LogP contribution is -1.93. The number of benzene rings is 3. The number of nitrogens with zero attached hydrogens (tertiary/aromatic N) is 4. The predicted octanol–water partition coefficient (Wildman–Crippen LogP) is 12.7. The van der Waals surface area contributed by atoms with Crippen molar-refractivity contribution in [3.8, 4) is 23.7 Å². The highest BCUT2D eigenvalue weighted by Gasteiger charge is 2.16. The molecule has 8 nitrogen and oxygen atoms in total. The zero-order chi connectivity index (χ0) is 43.6. The monoisotopic (exact) mass is 842 g/mol. The largest absolute Gasteiger partial charge is 0.355 e. The summed E-state index contributed by atoms with van der Waals surface area (Å²) in [6, 6.07) is 45.6. The molecule has 6 aromatic heterocycles. The molecule has 9 aromatic rings. The van der Waals surface area contributed by atoms with Crippen molar-refractivity contribution in [2.24, 2.45) is 0 Å². The van der Waals surface area contributed by atoms with Gasteiger partial charge in [-0.1, -0.05) is 72.2 Å². The lowest BCUT2D eigenvalue weighted by molar-refractivity contribution is 1.26. The van der Waals surface area contributed by atoms with E-state index in [9.17, 15) is 0 Å². The van der Waals surface area contributed by atoms with Gasteiger partial charge in [0.2, 0.25) is 0 Å². The van der Waals surface area contributed by atoms with Crippen LogP contribution in [-0.2, 0) is 0 Å². The Kier molecular flexibility index (Phi) is 8.48. The maximum absolute atomic E-state index is 5.07. The van der Waals surface area contributed by atoms with Gasteiger partial charge < -0.3 is 19.9 Å². The van der Waals surface area contributed by atoms with Gasteiger partial charge in [-0.15, -0.1) is 0 Å². The standard InChI is InChI=1S/C58H34N8/c1-2-6-48-47(5-1)51(21-23-53-55-25-17-43(63-55)31-39-13-9-35(59-39)29-36-10-14-40(60-36)32-44-18-26-56(53)64-44)49-7-3-4-8-50(49)52(48)22-24-54-57-27-19-45(65-57)33-41-15-11-37(61-41)30-38-12-16-42(62-38)34-46-20-28-58(54)66-46/h1-20,25-34,59-62H. The van der Waals surface area contributed by atoms with Gasteiger partial charge in [-0.25, -0.2) is 19.9 Å². The van der Waals surface area contributed by atoms with Gasteiger partial charge in [0.25, 0.3) is 0 Å². The van der Waals surface area contributed by atoms with Crippen LogP contribution >= 0.6 is 0 Å². The zero-order valence-electron chi connectivity index (χ0n) is 35.1. The third-order valence-corrected chi connectivity index (χ3v) is 12.0. The van der Waals surface area contributed by atoms with Gasteiger partial charge in [-0.2, -0.15) is 0 Å². The number of nitrogens with one attached hydrogen (secondary N) is 4. The second-order valence-electron chi connectivity index (χ2n) is 16.5. The van der Waals surface area contributed by atoms with Crippen LogP contribution in [0.2, 0.25) is 0 Å². The van der Waals surface area contributed by atoms with Crippen LogP contribution in [0.1, 0.15) is 67.8 Å². The van der Waals surface area contributed by atoms with E-state index in [4.69, 9.17) is 19.9 Å². The van der Waals surface area contributed by atoms with E-state index in [1.807, 2.05) is 72.9 Å². The van der Waals surface area contributed by atoms with Crippen molar-refractivity contribution in [3.63, 3.8) is 0 Å². The summed E-state index contributed by atoms with van der Waals surface area (Å²) < 4.78 is 0. The Morgan fingerprint density at radius 2 is 0.500 bits per heavy atom. The molecule has 4 N–H and O–H groups in total. The van der Waals surface area contributed by atoms with Gasteiger partial charge in [-0.3, -0.25) is 0 Å². The fourth-order valence-corrected chi connectivity index (χ4v) is 8.92. The second-order valence-corrected chi connectivity index (χ2v) is 16.5. The molecule has 13 rings (SSSR count). The molecule has 66 heavy (non-hydrogen) atoms. The number of rotatable bonds is 0. The van der Waals surface area contributed by atoms with Crippen LogP contribution in [0.15, 0.2) is 133 Å². The summed E-state index contributed by atoms with van der Waals surface area (Å²) >= 11 is 0.